The monoisotopic (exact) mass is 598 g/mol. The van der Waals surface area contributed by atoms with Gasteiger partial charge in [0, 0.05) is 44.8 Å². The largest absolute Gasteiger partial charge is 0.488 e. The lowest BCUT2D eigenvalue weighted by atomic mass is 9.98. The van der Waals surface area contributed by atoms with Gasteiger partial charge in [-0.05, 0) is 64.6 Å². The molecule has 0 spiro atoms. The first-order valence-corrected chi connectivity index (χ1v) is 15.8. The maximum Gasteiger partial charge on any atom is 0.138 e. The first kappa shape index (κ1) is 26.6. The maximum atomic E-state index is 6.69. The Labute approximate surface area is 267 Å². The Morgan fingerprint density at radius 3 is 1.37 bits per heavy atom. The fourth-order valence-electron chi connectivity index (χ4n) is 6.47. The second-order valence-electron chi connectivity index (χ2n) is 11.9. The van der Waals surface area contributed by atoms with E-state index in [9.17, 15) is 0 Å². The molecule has 0 radical (unpaired) electrons. The molecule has 46 heavy (non-hydrogen) atoms. The van der Waals surface area contributed by atoms with Gasteiger partial charge in [-0.15, -0.1) is 0 Å². The Balaban J connectivity index is 1.02. The third-order valence-corrected chi connectivity index (χ3v) is 9.06. The molecule has 0 fully saturated rings. The summed E-state index contributed by atoms with van der Waals surface area (Å²) in [6.45, 7) is 3.10. The van der Waals surface area contributed by atoms with Crippen molar-refractivity contribution in [1.82, 2.24) is 0 Å². The van der Waals surface area contributed by atoms with Crippen LogP contribution < -0.4 is 18.9 Å². The van der Waals surface area contributed by atoms with Crippen molar-refractivity contribution in [3.63, 3.8) is 0 Å². The highest BCUT2D eigenvalue weighted by atomic mass is 16.5. The molecule has 0 unspecified atom stereocenters. The first-order valence-electron chi connectivity index (χ1n) is 15.8. The van der Waals surface area contributed by atoms with Crippen molar-refractivity contribution in [2.45, 2.75) is 26.6 Å². The lowest BCUT2D eigenvalue weighted by molar-refractivity contribution is 0.308. The van der Waals surface area contributed by atoms with Gasteiger partial charge in [-0.1, -0.05) is 91.9 Å². The van der Waals surface area contributed by atoms with Crippen LogP contribution >= 0.6 is 0 Å². The van der Waals surface area contributed by atoms with Crippen LogP contribution in [0, 0.1) is 0 Å². The highest BCUT2D eigenvalue weighted by Gasteiger charge is 2.20. The fraction of sp³-hybridized carbons (Fsp3) is 0.0952. The number of hydrogen-bond acceptors (Lipinski definition) is 4. The van der Waals surface area contributed by atoms with Crippen molar-refractivity contribution in [3.8, 4) is 56.8 Å². The predicted octanol–water partition coefficient (Wildman–Crippen LogP) is 11.3. The molecule has 0 aromatic heterocycles. The van der Waals surface area contributed by atoms with Crippen LogP contribution in [0.2, 0.25) is 0 Å². The summed E-state index contributed by atoms with van der Waals surface area (Å²) in [4.78, 5) is 0. The molecule has 7 aromatic rings. The summed E-state index contributed by atoms with van der Waals surface area (Å²) < 4.78 is 24.7. The normalized spacial score (nSPS) is 12.2. The number of aryl methyl sites for hydroxylation is 1. The molecule has 4 heteroatoms. The zero-order valence-corrected chi connectivity index (χ0v) is 25.4. The minimum Gasteiger partial charge on any atom is -0.488 e. The summed E-state index contributed by atoms with van der Waals surface area (Å²) in [6.07, 6.45) is 0.939. The van der Waals surface area contributed by atoms with Crippen LogP contribution in [-0.4, -0.2) is 0 Å². The minimum absolute atomic E-state index is 0.458. The smallest absolute Gasteiger partial charge is 0.138 e. The third-order valence-electron chi connectivity index (χ3n) is 9.06. The molecule has 7 aromatic carbocycles. The van der Waals surface area contributed by atoms with Crippen LogP contribution in [0.15, 0.2) is 127 Å². The number of benzene rings is 7. The SMILES string of the molecule is CCc1ccc2c(OCc3ccc(-c4ccc5cc4O5)cc3)c3ccccc3c(OCc3ccc(-c4ccc5cc4O5)cc3)c2c1. The Bertz CT molecular complexity index is 2280. The van der Waals surface area contributed by atoms with E-state index in [2.05, 4.69) is 122 Å². The molecule has 222 valence electrons. The average Bonchev–Trinajstić information content (AvgIpc) is 3.09. The molecule has 4 bridgehead atoms. The van der Waals surface area contributed by atoms with Crippen molar-refractivity contribution >= 4 is 21.5 Å². The van der Waals surface area contributed by atoms with Gasteiger partial charge in [0.2, 0.25) is 0 Å². The van der Waals surface area contributed by atoms with Crippen molar-refractivity contribution in [2.75, 3.05) is 0 Å². The molecule has 0 aliphatic carbocycles. The van der Waals surface area contributed by atoms with Gasteiger partial charge in [0.05, 0.1) is 0 Å². The van der Waals surface area contributed by atoms with Gasteiger partial charge >= 0.3 is 0 Å². The zero-order chi connectivity index (χ0) is 30.6. The summed E-state index contributed by atoms with van der Waals surface area (Å²) >= 11 is 0. The summed E-state index contributed by atoms with van der Waals surface area (Å²) in [7, 11) is 0. The van der Waals surface area contributed by atoms with E-state index >= 15 is 0 Å². The van der Waals surface area contributed by atoms with E-state index in [1.807, 2.05) is 12.1 Å². The molecular formula is C42H30O4. The van der Waals surface area contributed by atoms with E-state index < -0.39 is 0 Å². The Hall–Kier alpha value is -5.74. The molecule has 4 heterocycles. The standard InChI is InChI=1S/C42H30O4/c1-2-26-11-18-37-38(21-26)42(44-25-28-9-14-30(15-10-28)34-20-17-32-23-40(34)46-32)36-6-4-3-5-35(36)41(37)43-24-27-7-12-29(13-8-27)33-19-16-31-22-39(33)45-31/h3-23H,2,24-25H2,1H3. The number of rotatable bonds is 9. The van der Waals surface area contributed by atoms with E-state index in [0.717, 1.165) is 95.8 Å². The molecule has 4 nitrogen and oxygen atoms in total. The van der Waals surface area contributed by atoms with Gasteiger partial charge in [0.1, 0.15) is 47.7 Å². The van der Waals surface area contributed by atoms with Crippen LogP contribution in [0.25, 0.3) is 43.8 Å². The third kappa shape index (κ3) is 4.53. The highest BCUT2D eigenvalue weighted by molar-refractivity contribution is 6.11. The molecule has 0 amide bonds. The van der Waals surface area contributed by atoms with Crippen LogP contribution in [0.5, 0.6) is 34.5 Å². The Kier molecular flexibility index (Phi) is 6.20. The molecule has 4 aliphatic heterocycles. The van der Waals surface area contributed by atoms with Gasteiger partial charge in [0.15, 0.2) is 0 Å². The molecule has 0 N–H and O–H groups in total. The van der Waals surface area contributed by atoms with Crippen molar-refractivity contribution in [1.29, 1.82) is 0 Å². The van der Waals surface area contributed by atoms with Crippen LogP contribution in [0.3, 0.4) is 0 Å². The second kappa shape index (κ2) is 10.7. The lowest BCUT2D eigenvalue weighted by Crippen LogP contribution is -2.01. The molecule has 0 atom stereocenters. The Morgan fingerprint density at radius 1 is 0.457 bits per heavy atom. The van der Waals surface area contributed by atoms with Gasteiger partial charge in [-0.25, -0.2) is 0 Å². The topological polar surface area (TPSA) is 36.9 Å². The van der Waals surface area contributed by atoms with Crippen LogP contribution in [0.4, 0.5) is 0 Å². The first-order chi connectivity index (χ1) is 22.7. The highest BCUT2D eigenvalue weighted by Crippen LogP contribution is 2.46. The van der Waals surface area contributed by atoms with E-state index in [1.54, 1.807) is 0 Å². The van der Waals surface area contributed by atoms with Crippen molar-refractivity contribution < 1.29 is 18.9 Å². The molecule has 0 saturated carbocycles. The molecule has 0 saturated heterocycles. The number of fused-ring (bicyclic) bond motifs is 6. The van der Waals surface area contributed by atoms with Gasteiger partial charge in [0.25, 0.3) is 0 Å². The van der Waals surface area contributed by atoms with Crippen LogP contribution in [-0.2, 0) is 19.6 Å². The van der Waals surface area contributed by atoms with Gasteiger partial charge in [-0.2, -0.15) is 0 Å². The number of ether oxygens (including phenoxy) is 4. The van der Waals surface area contributed by atoms with E-state index in [1.165, 1.54) is 5.56 Å². The fourth-order valence-corrected chi connectivity index (χ4v) is 6.47. The molecule has 4 aliphatic rings. The van der Waals surface area contributed by atoms with Crippen LogP contribution in [0.1, 0.15) is 23.6 Å². The maximum absolute atomic E-state index is 6.69. The van der Waals surface area contributed by atoms with Gasteiger partial charge in [-0.3, -0.25) is 0 Å². The Morgan fingerprint density at radius 2 is 0.913 bits per heavy atom. The van der Waals surface area contributed by atoms with Crippen molar-refractivity contribution in [3.05, 3.63) is 144 Å². The molecular weight excluding hydrogens is 568 g/mol. The van der Waals surface area contributed by atoms with E-state index in [-0.39, 0.29) is 0 Å². The van der Waals surface area contributed by atoms with E-state index in [0.29, 0.717) is 13.2 Å². The lowest BCUT2D eigenvalue weighted by Gasteiger charge is -2.20. The summed E-state index contributed by atoms with van der Waals surface area (Å²) in [5.41, 5.74) is 7.96. The minimum atomic E-state index is 0.458. The summed E-state index contributed by atoms with van der Waals surface area (Å²) in [5, 5.41) is 4.19. The quantitative estimate of drug-likeness (QED) is 0.155. The van der Waals surface area contributed by atoms with Crippen molar-refractivity contribution in [2.24, 2.45) is 0 Å². The second-order valence-corrected chi connectivity index (χ2v) is 11.9. The molecule has 11 rings (SSSR count). The average molecular weight is 599 g/mol. The predicted molar refractivity (Wildman–Crippen MR) is 183 cm³/mol. The summed E-state index contributed by atoms with van der Waals surface area (Å²) in [5.74, 6) is 5.48. The number of hydrogen-bond donors (Lipinski definition) is 0. The zero-order valence-electron chi connectivity index (χ0n) is 25.4. The summed E-state index contributed by atoms with van der Waals surface area (Å²) in [6, 6.07) is 44.5. The van der Waals surface area contributed by atoms with Gasteiger partial charge < -0.3 is 18.9 Å². The van der Waals surface area contributed by atoms with E-state index in [4.69, 9.17) is 18.9 Å².